The van der Waals surface area contributed by atoms with E-state index in [1.165, 1.54) is 0 Å². The molecule has 0 saturated heterocycles. The van der Waals surface area contributed by atoms with Gasteiger partial charge in [-0.15, -0.1) is 0 Å². The number of fused-ring (bicyclic) bond motifs is 1. The molecule has 0 radical (unpaired) electrons. The Morgan fingerprint density at radius 1 is 1.12 bits per heavy atom. The molecule has 0 fully saturated rings. The molecule has 0 aliphatic heterocycles. The fraction of sp³-hybridized carbons (Fsp3) is 0.385. The highest BCUT2D eigenvalue weighted by Crippen LogP contribution is 2.21. The summed E-state index contributed by atoms with van der Waals surface area (Å²) in [7, 11) is 0. The Morgan fingerprint density at radius 3 is 2.06 bits per heavy atom. The topological polar surface area (TPSA) is 46.2 Å². The van der Waals surface area contributed by atoms with Gasteiger partial charge < -0.3 is 5.32 Å². The van der Waals surface area contributed by atoms with Crippen molar-refractivity contribution in [1.82, 2.24) is 5.32 Å². The maximum absolute atomic E-state index is 11.9. The largest absolute Gasteiger partial charge is 0.300 e. The lowest BCUT2D eigenvalue weighted by Crippen LogP contribution is -2.40. The molecule has 1 aromatic rings. The Balaban J connectivity index is 2.22. The molecule has 0 spiro atoms. The van der Waals surface area contributed by atoms with Gasteiger partial charge in [-0.3, -0.25) is 9.59 Å². The number of rotatable bonds is 3. The molecule has 0 amide bonds. The lowest BCUT2D eigenvalue weighted by Gasteiger charge is -2.11. The van der Waals surface area contributed by atoms with E-state index >= 15 is 0 Å². The number of Topliss-reactive ketones (excluding diaryl/α,β-unsaturated/α-hetero) is 2. The van der Waals surface area contributed by atoms with Gasteiger partial charge in [0.2, 0.25) is 0 Å². The van der Waals surface area contributed by atoms with Crippen LogP contribution >= 0.6 is 0 Å². The molecular weight excluding hydrogens is 202 g/mol. The maximum Gasteiger partial charge on any atom is 0.188 e. The zero-order valence-corrected chi connectivity index (χ0v) is 9.49. The molecule has 0 heterocycles. The summed E-state index contributed by atoms with van der Waals surface area (Å²) in [5.74, 6) is 0.229. The molecule has 84 valence electrons. The molecule has 1 aliphatic carbocycles. The van der Waals surface area contributed by atoms with Gasteiger partial charge in [-0.05, 0) is 12.5 Å². The summed E-state index contributed by atoms with van der Waals surface area (Å²) in [5, 5.41) is 3.03. The number of carbonyl (C=O) groups is 2. The second kappa shape index (κ2) is 4.18. The van der Waals surface area contributed by atoms with Crippen LogP contribution in [0.1, 0.15) is 34.6 Å². The molecule has 0 aromatic heterocycles. The lowest BCUT2D eigenvalue weighted by molar-refractivity contribution is 0.0867. The molecule has 0 saturated carbocycles. The van der Waals surface area contributed by atoms with Crippen molar-refractivity contribution in [1.29, 1.82) is 0 Å². The molecule has 1 N–H and O–H groups in total. The predicted molar refractivity (Wildman–Crippen MR) is 61.7 cm³/mol. The van der Waals surface area contributed by atoms with E-state index in [-0.39, 0.29) is 11.6 Å². The fourth-order valence-electron chi connectivity index (χ4n) is 1.88. The van der Waals surface area contributed by atoms with Gasteiger partial charge in [0, 0.05) is 11.1 Å². The smallest absolute Gasteiger partial charge is 0.188 e. The Morgan fingerprint density at radius 2 is 1.62 bits per heavy atom. The number of hydrogen-bond acceptors (Lipinski definition) is 3. The summed E-state index contributed by atoms with van der Waals surface area (Å²) >= 11 is 0. The van der Waals surface area contributed by atoms with E-state index in [1.807, 2.05) is 13.8 Å². The van der Waals surface area contributed by atoms with Gasteiger partial charge in [0.15, 0.2) is 11.6 Å². The third-order valence-electron chi connectivity index (χ3n) is 2.71. The summed E-state index contributed by atoms with van der Waals surface area (Å²) in [6.45, 7) is 4.77. The Kier molecular flexibility index (Phi) is 2.88. The molecule has 0 unspecified atom stereocenters. The number of ketones is 2. The number of benzene rings is 1. The molecule has 1 aromatic carbocycles. The molecule has 0 atom stereocenters. The van der Waals surface area contributed by atoms with Crippen LogP contribution in [0.5, 0.6) is 0 Å². The summed E-state index contributed by atoms with van der Waals surface area (Å²) in [4.78, 5) is 23.9. The van der Waals surface area contributed by atoms with Gasteiger partial charge in [-0.2, -0.15) is 0 Å². The molecule has 16 heavy (non-hydrogen) atoms. The van der Waals surface area contributed by atoms with E-state index < -0.39 is 6.04 Å². The molecule has 3 heteroatoms. The van der Waals surface area contributed by atoms with Crippen molar-refractivity contribution in [3.63, 3.8) is 0 Å². The zero-order valence-electron chi connectivity index (χ0n) is 9.49. The van der Waals surface area contributed by atoms with Gasteiger partial charge in [0.25, 0.3) is 0 Å². The van der Waals surface area contributed by atoms with Gasteiger partial charge in [-0.1, -0.05) is 38.1 Å². The first-order valence-corrected chi connectivity index (χ1v) is 5.52. The van der Waals surface area contributed by atoms with Crippen LogP contribution in [0.3, 0.4) is 0 Å². The van der Waals surface area contributed by atoms with E-state index in [0.717, 1.165) is 0 Å². The minimum atomic E-state index is -0.667. The molecule has 3 nitrogen and oxygen atoms in total. The van der Waals surface area contributed by atoms with E-state index in [1.54, 1.807) is 24.3 Å². The van der Waals surface area contributed by atoms with Crippen molar-refractivity contribution in [2.24, 2.45) is 5.92 Å². The van der Waals surface area contributed by atoms with Gasteiger partial charge in [0.05, 0.1) is 0 Å². The van der Waals surface area contributed by atoms with Crippen molar-refractivity contribution in [3.8, 4) is 0 Å². The van der Waals surface area contributed by atoms with Crippen molar-refractivity contribution in [2.45, 2.75) is 19.9 Å². The van der Waals surface area contributed by atoms with E-state index in [4.69, 9.17) is 0 Å². The van der Waals surface area contributed by atoms with Crippen LogP contribution in [-0.2, 0) is 0 Å². The molecular formula is C13H15NO2. The normalized spacial score (nSPS) is 15.9. The average molecular weight is 217 g/mol. The van der Waals surface area contributed by atoms with Crippen LogP contribution in [0.15, 0.2) is 24.3 Å². The maximum atomic E-state index is 11.9. The highest BCUT2D eigenvalue weighted by molar-refractivity contribution is 6.29. The summed E-state index contributed by atoms with van der Waals surface area (Å²) < 4.78 is 0. The van der Waals surface area contributed by atoms with Crippen LogP contribution in [0.25, 0.3) is 0 Å². The lowest BCUT2D eigenvalue weighted by atomic mass is 10.1. The van der Waals surface area contributed by atoms with Crippen LogP contribution in [0.2, 0.25) is 0 Å². The van der Waals surface area contributed by atoms with E-state index in [0.29, 0.717) is 23.6 Å². The minimum absolute atomic E-state index is 0.0961. The van der Waals surface area contributed by atoms with Crippen molar-refractivity contribution >= 4 is 11.6 Å². The SMILES string of the molecule is CC(C)CNC1C(=O)c2ccccc2C1=O. The Hall–Kier alpha value is -1.48. The molecule has 1 aliphatic rings. The third kappa shape index (κ3) is 1.78. The quantitative estimate of drug-likeness (QED) is 0.783. The fourth-order valence-corrected chi connectivity index (χ4v) is 1.88. The van der Waals surface area contributed by atoms with Crippen LogP contribution < -0.4 is 5.32 Å². The highest BCUT2D eigenvalue weighted by Gasteiger charge is 2.37. The average Bonchev–Trinajstić information content (AvgIpc) is 2.50. The second-order valence-electron chi connectivity index (χ2n) is 4.51. The first-order chi connectivity index (χ1) is 7.61. The van der Waals surface area contributed by atoms with E-state index in [9.17, 15) is 9.59 Å². The second-order valence-corrected chi connectivity index (χ2v) is 4.51. The van der Waals surface area contributed by atoms with Gasteiger partial charge in [0.1, 0.15) is 6.04 Å². The first kappa shape index (κ1) is 11.0. The van der Waals surface area contributed by atoms with Crippen LogP contribution in [0.4, 0.5) is 0 Å². The predicted octanol–water partition coefficient (Wildman–Crippen LogP) is 1.68. The number of hydrogen-bond donors (Lipinski definition) is 1. The summed E-state index contributed by atoms with van der Waals surface area (Å²) in [6, 6.07) is 6.34. The van der Waals surface area contributed by atoms with Gasteiger partial charge >= 0.3 is 0 Å². The molecule has 0 bridgehead atoms. The number of carbonyl (C=O) groups excluding carboxylic acids is 2. The van der Waals surface area contributed by atoms with Crippen molar-refractivity contribution in [2.75, 3.05) is 6.54 Å². The van der Waals surface area contributed by atoms with Crippen LogP contribution in [0, 0.1) is 5.92 Å². The standard InChI is InChI=1S/C13H15NO2/c1-8(2)7-14-11-12(15)9-5-3-4-6-10(9)13(11)16/h3-6,8,11,14H,7H2,1-2H3. The van der Waals surface area contributed by atoms with E-state index in [2.05, 4.69) is 5.32 Å². The summed E-state index contributed by atoms with van der Waals surface area (Å²) in [5.41, 5.74) is 1.10. The highest BCUT2D eigenvalue weighted by atomic mass is 16.2. The number of nitrogens with one attached hydrogen (secondary N) is 1. The Bertz CT molecular complexity index is 402. The van der Waals surface area contributed by atoms with Crippen molar-refractivity contribution < 1.29 is 9.59 Å². The third-order valence-corrected chi connectivity index (χ3v) is 2.71. The Labute approximate surface area is 94.9 Å². The zero-order chi connectivity index (χ0) is 11.7. The minimum Gasteiger partial charge on any atom is -0.300 e. The van der Waals surface area contributed by atoms with Gasteiger partial charge in [-0.25, -0.2) is 0 Å². The van der Waals surface area contributed by atoms with Crippen molar-refractivity contribution in [3.05, 3.63) is 35.4 Å². The summed E-state index contributed by atoms with van der Waals surface area (Å²) in [6.07, 6.45) is 0. The monoisotopic (exact) mass is 217 g/mol. The van der Waals surface area contributed by atoms with Crippen LogP contribution in [-0.4, -0.2) is 24.2 Å². The first-order valence-electron chi connectivity index (χ1n) is 5.52. The molecule has 2 rings (SSSR count).